The predicted octanol–water partition coefficient (Wildman–Crippen LogP) is 0.411. The smallest absolute Gasteiger partial charge is 0.252 e. The number of nitrogens with zero attached hydrogens (tertiary/aromatic N) is 3. The van der Waals surface area contributed by atoms with Crippen molar-refractivity contribution in [3.63, 3.8) is 0 Å². The molecule has 0 saturated carbocycles. The number of carbonyl (C=O) groups excluding carboxylic acids is 2. The summed E-state index contributed by atoms with van der Waals surface area (Å²) in [6, 6.07) is -0.386. The van der Waals surface area contributed by atoms with Crippen molar-refractivity contribution >= 4 is 11.8 Å². The normalized spacial score (nSPS) is 22.5. The van der Waals surface area contributed by atoms with Crippen LogP contribution in [-0.4, -0.2) is 39.9 Å². The topological polar surface area (TPSA) is 67.2 Å². The van der Waals surface area contributed by atoms with Gasteiger partial charge < -0.3 is 9.88 Å². The zero-order chi connectivity index (χ0) is 14.3. The molecule has 1 aromatic heterocycles. The molecule has 6 heteroatoms. The summed E-state index contributed by atoms with van der Waals surface area (Å²) in [7, 11) is 1.56. The summed E-state index contributed by atoms with van der Waals surface area (Å²) in [4.78, 5) is 30.0. The van der Waals surface area contributed by atoms with E-state index in [1.54, 1.807) is 7.05 Å². The number of likely N-dealkylation sites (tertiary alicyclic amines) is 1. The van der Waals surface area contributed by atoms with E-state index in [2.05, 4.69) is 17.2 Å². The number of hydrogen-bond acceptors (Lipinski definition) is 4. The molecule has 0 radical (unpaired) electrons. The van der Waals surface area contributed by atoms with Gasteiger partial charge in [0.15, 0.2) is 0 Å². The Morgan fingerprint density at radius 2 is 2.20 bits per heavy atom. The molecule has 1 N–H and O–H groups in total. The van der Waals surface area contributed by atoms with Gasteiger partial charge in [0.05, 0.1) is 12.1 Å². The standard InChI is InChI=1S/C14H20N4O2/c1-3-4-12-16-9-8-15-6-5-10(9)18(12)11-7-13(19)17(2)14(11)20/h11,15H,3-8H2,1-2H3. The number of carbonyl (C=O) groups is 2. The molecule has 3 heterocycles. The largest absolute Gasteiger partial charge is 0.319 e. The Hall–Kier alpha value is -1.69. The Labute approximate surface area is 118 Å². The van der Waals surface area contributed by atoms with Crippen LogP contribution in [-0.2, 0) is 29.0 Å². The molecule has 1 atom stereocenters. The Bertz CT molecular complexity index is 564. The van der Waals surface area contributed by atoms with Crippen molar-refractivity contribution in [2.75, 3.05) is 13.6 Å². The Morgan fingerprint density at radius 3 is 2.85 bits per heavy atom. The first-order valence-electron chi connectivity index (χ1n) is 7.23. The first-order valence-corrected chi connectivity index (χ1v) is 7.23. The molecule has 1 saturated heterocycles. The highest BCUT2D eigenvalue weighted by molar-refractivity contribution is 6.04. The minimum atomic E-state index is -0.386. The first-order chi connectivity index (χ1) is 9.63. The average molecular weight is 276 g/mol. The molecule has 2 aliphatic rings. The van der Waals surface area contributed by atoms with Crippen LogP contribution in [0.3, 0.4) is 0 Å². The highest BCUT2D eigenvalue weighted by Crippen LogP contribution is 2.29. The number of likely N-dealkylation sites (N-methyl/N-ethyl adjacent to an activating group) is 1. The summed E-state index contributed by atoms with van der Waals surface area (Å²) >= 11 is 0. The van der Waals surface area contributed by atoms with Gasteiger partial charge in [0.25, 0.3) is 5.91 Å². The van der Waals surface area contributed by atoms with E-state index in [-0.39, 0.29) is 24.3 Å². The molecule has 108 valence electrons. The van der Waals surface area contributed by atoms with Crippen LogP contribution >= 0.6 is 0 Å². The number of amides is 2. The Kier molecular flexibility index (Phi) is 3.33. The van der Waals surface area contributed by atoms with Crippen LogP contribution in [0.15, 0.2) is 0 Å². The summed E-state index contributed by atoms with van der Waals surface area (Å²) in [5.41, 5.74) is 2.17. The van der Waals surface area contributed by atoms with Gasteiger partial charge in [-0.05, 0) is 6.42 Å². The molecule has 6 nitrogen and oxygen atoms in total. The van der Waals surface area contributed by atoms with Crippen molar-refractivity contribution in [1.29, 1.82) is 0 Å². The molecule has 0 aliphatic carbocycles. The SMILES string of the molecule is CCCc1nc2c(n1C1CC(=O)N(C)C1=O)CCNC2. The van der Waals surface area contributed by atoms with Gasteiger partial charge in [0, 0.05) is 38.7 Å². The van der Waals surface area contributed by atoms with Gasteiger partial charge in [-0.3, -0.25) is 14.5 Å². The second kappa shape index (κ2) is 5.01. The van der Waals surface area contributed by atoms with Crippen LogP contribution in [0.5, 0.6) is 0 Å². The fourth-order valence-corrected chi connectivity index (χ4v) is 3.09. The van der Waals surface area contributed by atoms with Gasteiger partial charge in [-0.1, -0.05) is 6.92 Å². The van der Waals surface area contributed by atoms with Gasteiger partial charge >= 0.3 is 0 Å². The zero-order valence-corrected chi connectivity index (χ0v) is 12.0. The van der Waals surface area contributed by atoms with Gasteiger partial charge in [0.1, 0.15) is 11.9 Å². The molecular weight excluding hydrogens is 256 g/mol. The minimum Gasteiger partial charge on any atom is -0.319 e. The van der Waals surface area contributed by atoms with Crippen LogP contribution in [0.4, 0.5) is 0 Å². The Balaban J connectivity index is 2.05. The van der Waals surface area contributed by atoms with E-state index in [0.717, 1.165) is 49.6 Å². The van der Waals surface area contributed by atoms with E-state index in [4.69, 9.17) is 0 Å². The number of aryl methyl sites for hydroxylation is 1. The molecule has 1 aromatic rings. The number of rotatable bonds is 3. The number of imide groups is 1. The van der Waals surface area contributed by atoms with E-state index < -0.39 is 0 Å². The van der Waals surface area contributed by atoms with Crippen molar-refractivity contribution in [3.8, 4) is 0 Å². The van der Waals surface area contributed by atoms with Crippen LogP contribution in [0.2, 0.25) is 0 Å². The third-order valence-corrected chi connectivity index (χ3v) is 4.14. The van der Waals surface area contributed by atoms with Crippen molar-refractivity contribution < 1.29 is 9.59 Å². The second-order valence-corrected chi connectivity index (χ2v) is 5.48. The predicted molar refractivity (Wildman–Crippen MR) is 73.1 cm³/mol. The molecular formula is C14H20N4O2. The van der Waals surface area contributed by atoms with E-state index >= 15 is 0 Å². The molecule has 1 fully saturated rings. The molecule has 3 rings (SSSR count). The number of hydrogen-bond donors (Lipinski definition) is 1. The van der Waals surface area contributed by atoms with Crippen molar-refractivity contribution in [2.45, 2.75) is 45.2 Å². The van der Waals surface area contributed by atoms with Gasteiger partial charge in [-0.15, -0.1) is 0 Å². The van der Waals surface area contributed by atoms with Crippen LogP contribution in [0.1, 0.15) is 43.0 Å². The maximum absolute atomic E-state index is 12.3. The number of aromatic nitrogens is 2. The number of nitrogens with one attached hydrogen (secondary N) is 1. The second-order valence-electron chi connectivity index (χ2n) is 5.48. The quantitative estimate of drug-likeness (QED) is 0.812. The van der Waals surface area contributed by atoms with E-state index in [1.165, 1.54) is 4.90 Å². The van der Waals surface area contributed by atoms with Gasteiger partial charge in [-0.2, -0.15) is 0 Å². The lowest BCUT2D eigenvalue weighted by atomic mass is 10.1. The van der Waals surface area contributed by atoms with Gasteiger partial charge in [0.2, 0.25) is 5.91 Å². The first kappa shape index (κ1) is 13.3. The molecule has 20 heavy (non-hydrogen) atoms. The van der Waals surface area contributed by atoms with Gasteiger partial charge in [-0.25, -0.2) is 4.98 Å². The third kappa shape index (κ3) is 1.95. The fraction of sp³-hybridized carbons (Fsp3) is 0.643. The van der Waals surface area contributed by atoms with E-state index in [0.29, 0.717) is 0 Å². The highest BCUT2D eigenvalue weighted by Gasteiger charge is 2.40. The lowest BCUT2D eigenvalue weighted by molar-refractivity contribution is -0.137. The average Bonchev–Trinajstić information content (AvgIpc) is 2.92. The monoisotopic (exact) mass is 276 g/mol. The lowest BCUT2D eigenvalue weighted by Crippen LogP contribution is -2.30. The molecule has 0 aromatic carbocycles. The fourth-order valence-electron chi connectivity index (χ4n) is 3.09. The molecule has 0 bridgehead atoms. The summed E-state index contributed by atoms with van der Waals surface area (Å²) < 4.78 is 2.05. The minimum absolute atomic E-state index is 0.0983. The molecule has 2 amide bonds. The molecule has 1 unspecified atom stereocenters. The van der Waals surface area contributed by atoms with E-state index in [1.807, 2.05) is 4.57 Å². The van der Waals surface area contributed by atoms with Crippen molar-refractivity contribution in [1.82, 2.24) is 19.8 Å². The Morgan fingerprint density at radius 1 is 1.40 bits per heavy atom. The van der Waals surface area contributed by atoms with E-state index in [9.17, 15) is 9.59 Å². The zero-order valence-electron chi connectivity index (χ0n) is 12.0. The molecule has 0 spiro atoms. The summed E-state index contributed by atoms with van der Waals surface area (Å²) in [5.74, 6) is 0.743. The third-order valence-electron chi connectivity index (χ3n) is 4.14. The lowest BCUT2D eigenvalue weighted by Gasteiger charge is -2.19. The maximum atomic E-state index is 12.3. The maximum Gasteiger partial charge on any atom is 0.252 e. The highest BCUT2D eigenvalue weighted by atomic mass is 16.2. The summed E-state index contributed by atoms with van der Waals surface area (Å²) in [6.45, 7) is 3.75. The van der Waals surface area contributed by atoms with Crippen molar-refractivity contribution in [3.05, 3.63) is 17.2 Å². The number of imidazole rings is 1. The van der Waals surface area contributed by atoms with Crippen LogP contribution in [0.25, 0.3) is 0 Å². The molecule has 2 aliphatic heterocycles. The summed E-state index contributed by atoms with van der Waals surface area (Å²) in [5, 5.41) is 3.30. The summed E-state index contributed by atoms with van der Waals surface area (Å²) in [6.07, 6.45) is 2.96. The van der Waals surface area contributed by atoms with Crippen LogP contribution < -0.4 is 5.32 Å². The number of fused-ring (bicyclic) bond motifs is 1. The van der Waals surface area contributed by atoms with Crippen LogP contribution in [0, 0.1) is 0 Å². The van der Waals surface area contributed by atoms with Crippen molar-refractivity contribution in [2.24, 2.45) is 0 Å².